The number of rotatable bonds is 7. The van der Waals surface area contributed by atoms with Crippen LogP contribution in [-0.2, 0) is 14.9 Å². The lowest BCUT2D eigenvalue weighted by Gasteiger charge is -2.64. The Morgan fingerprint density at radius 2 is 1.71 bits per heavy atom. The van der Waals surface area contributed by atoms with Gasteiger partial charge in [0.2, 0.25) is 5.91 Å². The second-order valence-corrected chi connectivity index (χ2v) is 14.2. The zero-order chi connectivity index (χ0) is 25.8. The number of aliphatic hydroxyl groups excluding tert-OH is 1. The van der Waals surface area contributed by atoms with Crippen LogP contribution in [0.4, 0.5) is 0 Å². The summed E-state index contributed by atoms with van der Waals surface area (Å²) in [6.45, 7) is 6.57. The molecule has 0 aromatic heterocycles. The zero-order valence-corrected chi connectivity index (χ0v) is 22.3. The third-order valence-electron chi connectivity index (χ3n) is 11.2. The van der Waals surface area contributed by atoms with E-state index in [0.717, 1.165) is 51.4 Å². The molecule has 0 aromatic carbocycles. The van der Waals surface area contributed by atoms with E-state index in [1.54, 1.807) is 0 Å². The number of amides is 1. The number of hydrogen-bond acceptors (Lipinski definition) is 6. The maximum atomic E-state index is 12.2. The normalized spacial score (nSPS) is 43.5. The molecule has 4 saturated carbocycles. The van der Waals surface area contributed by atoms with E-state index < -0.39 is 33.2 Å². The van der Waals surface area contributed by atoms with Gasteiger partial charge in [-0.1, -0.05) is 20.8 Å². The molecule has 0 aromatic rings. The number of nitrogens with one attached hydrogen (secondary N) is 1. The van der Waals surface area contributed by atoms with Gasteiger partial charge in [-0.25, -0.2) is 0 Å². The molecule has 5 N–H and O–H groups in total. The summed E-state index contributed by atoms with van der Waals surface area (Å²) in [7, 11) is -4.08. The molecule has 8 nitrogen and oxygen atoms in total. The van der Waals surface area contributed by atoms with E-state index in [1.807, 2.05) is 6.92 Å². The smallest absolute Gasteiger partial charge is 0.266 e. The SMILES string of the molecule is C[C@H](CCC(=O)NCCS(=O)(=O)O)[C@H]1CC[C@H]2[C@@H]3CC[C@@H]4CCC(O)C(O)(O)[C@]4(C)[C@H]3CC[C@]12C. The number of aliphatic hydroxyl groups is 3. The van der Waals surface area contributed by atoms with Crippen molar-refractivity contribution in [3.05, 3.63) is 0 Å². The third-order valence-corrected chi connectivity index (χ3v) is 11.9. The van der Waals surface area contributed by atoms with Gasteiger partial charge in [0.25, 0.3) is 10.1 Å². The minimum absolute atomic E-state index is 0.0794. The summed E-state index contributed by atoms with van der Waals surface area (Å²) in [6.07, 6.45) is 7.62. The molecule has 9 atom stereocenters. The van der Waals surface area contributed by atoms with Crippen LogP contribution in [0.2, 0.25) is 0 Å². The van der Waals surface area contributed by atoms with Gasteiger partial charge in [0.05, 0.1) is 5.75 Å². The van der Waals surface area contributed by atoms with E-state index in [0.29, 0.717) is 36.5 Å². The first-order valence-corrected chi connectivity index (χ1v) is 15.2. The minimum Gasteiger partial charge on any atom is -0.387 e. The van der Waals surface area contributed by atoms with Crippen molar-refractivity contribution in [2.45, 2.75) is 96.9 Å². The minimum atomic E-state index is -4.08. The maximum absolute atomic E-state index is 12.2. The lowest BCUT2D eigenvalue weighted by Crippen LogP contribution is -2.68. The lowest BCUT2D eigenvalue weighted by atomic mass is 9.43. The van der Waals surface area contributed by atoms with Gasteiger partial charge in [-0.3, -0.25) is 9.35 Å². The highest BCUT2D eigenvalue weighted by molar-refractivity contribution is 7.85. The van der Waals surface area contributed by atoms with Crippen LogP contribution in [0.25, 0.3) is 0 Å². The Morgan fingerprint density at radius 1 is 1.03 bits per heavy atom. The number of carbonyl (C=O) groups excluding carboxylic acids is 1. The summed E-state index contributed by atoms with van der Waals surface area (Å²) in [5, 5.41) is 35.4. The van der Waals surface area contributed by atoms with Crippen LogP contribution in [0.15, 0.2) is 0 Å². The molecule has 1 amide bonds. The van der Waals surface area contributed by atoms with Crippen molar-refractivity contribution in [1.29, 1.82) is 0 Å². The number of carbonyl (C=O) groups is 1. The highest BCUT2D eigenvalue weighted by Crippen LogP contribution is 2.69. The summed E-state index contributed by atoms with van der Waals surface area (Å²) in [6, 6.07) is 0. The Kier molecular flexibility index (Phi) is 7.43. The molecule has 0 bridgehead atoms. The predicted octanol–water partition coefficient (Wildman–Crippen LogP) is 2.72. The average Bonchev–Trinajstić information content (AvgIpc) is 3.12. The Bertz CT molecular complexity index is 907. The summed E-state index contributed by atoms with van der Waals surface area (Å²) in [5.74, 6) is -0.464. The predicted molar refractivity (Wildman–Crippen MR) is 132 cm³/mol. The van der Waals surface area contributed by atoms with Crippen LogP contribution in [-0.4, -0.2) is 58.4 Å². The fraction of sp³-hybridized carbons (Fsp3) is 0.962. The van der Waals surface area contributed by atoms with Crippen LogP contribution in [0.5, 0.6) is 0 Å². The molecule has 0 aliphatic heterocycles. The van der Waals surface area contributed by atoms with Gasteiger partial charge >= 0.3 is 0 Å². The summed E-state index contributed by atoms with van der Waals surface area (Å²) < 4.78 is 30.5. The first-order valence-electron chi connectivity index (χ1n) is 13.6. The standard InChI is InChI=1S/C26H45NO7S/c1-16(4-11-23(29)27-14-15-35(32,33)34)19-8-9-20-18-7-5-17-6-10-22(28)26(30,31)25(17,3)21(18)12-13-24(19,20)2/h16-22,28,30-31H,4-15H2,1-3H3,(H,27,29)(H,32,33,34)/t16-,17-,18+,19-,20+,21+,22?,24-,25+/m1/s1. The van der Waals surface area contributed by atoms with E-state index in [2.05, 4.69) is 19.2 Å². The van der Waals surface area contributed by atoms with Crippen molar-refractivity contribution in [3.63, 3.8) is 0 Å². The van der Waals surface area contributed by atoms with E-state index in [4.69, 9.17) is 4.55 Å². The lowest BCUT2D eigenvalue weighted by molar-refractivity contribution is -0.349. The van der Waals surface area contributed by atoms with Crippen molar-refractivity contribution in [3.8, 4) is 0 Å². The van der Waals surface area contributed by atoms with Gasteiger partial charge in [-0.2, -0.15) is 8.42 Å². The van der Waals surface area contributed by atoms with E-state index in [9.17, 15) is 28.5 Å². The summed E-state index contributed by atoms with van der Waals surface area (Å²) in [5.41, 5.74) is -0.523. The van der Waals surface area contributed by atoms with Crippen LogP contribution < -0.4 is 5.32 Å². The fourth-order valence-electron chi connectivity index (χ4n) is 9.31. The number of hydrogen-bond donors (Lipinski definition) is 5. The van der Waals surface area contributed by atoms with Crippen molar-refractivity contribution >= 4 is 16.0 Å². The first kappa shape index (κ1) is 27.3. The molecule has 4 rings (SSSR count). The first-order chi connectivity index (χ1) is 16.2. The van der Waals surface area contributed by atoms with Crippen molar-refractivity contribution < 1.29 is 33.1 Å². The molecule has 0 saturated heterocycles. The van der Waals surface area contributed by atoms with E-state index in [1.165, 1.54) is 0 Å². The Morgan fingerprint density at radius 3 is 2.40 bits per heavy atom. The maximum Gasteiger partial charge on any atom is 0.266 e. The zero-order valence-electron chi connectivity index (χ0n) is 21.4. The molecule has 0 radical (unpaired) electrons. The van der Waals surface area contributed by atoms with Crippen molar-refractivity contribution in [2.24, 2.45) is 46.3 Å². The molecule has 9 heteroatoms. The molecule has 4 aliphatic carbocycles. The Hall–Kier alpha value is -0.740. The summed E-state index contributed by atoms with van der Waals surface area (Å²) >= 11 is 0. The van der Waals surface area contributed by atoms with Crippen LogP contribution in [0, 0.1) is 46.3 Å². The van der Waals surface area contributed by atoms with Gasteiger partial charge in [0, 0.05) is 18.4 Å². The highest BCUT2D eigenvalue weighted by Gasteiger charge is 2.67. The highest BCUT2D eigenvalue weighted by atomic mass is 32.2. The fourth-order valence-corrected chi connectivity index (χ4v) is 9.67. The van der Waals surface area contributed by atoms with Crippen molar-refractivity contribution in [2.75, 3.05) is 12.3 Å². The molecule has 0 heterocycles. The van der Waals surface area contributed by atoms with Gasteiger partial charge in [-0.15, -0.1) is 0 Å². The quantitative estimate of drug-likeness (QED) is 0.259. The van der Waals surface area contributed by atoms with E-state index >= 15 is 0 Å². The van der Waals surface area contributed by atoms with Gasteiger partial charge < -0.3 is 20.6 Å². The van der Waals surface area contributed by atoms with Crippen LogP contribution >= 0.6 is 0 Å². The van der Waals surface area contributed by atoms with Crippen LogP contribution in [0.1, 0.15) is 85.0 Å². The Balaban J connectivity index is 1.41. The molecule has 202 valence electrons. The molecule has 0 spiro atoms. The molecular weight excluding hydrogens is 470 g/mol. The number of fused-ring (bicyclic) bond motifs is 5. The topological polar surface area (TPSA) is 144 Å². The van der Waals surface area contributed by atoms with Crippen molar-refractivity contribution in [1.82, 2.24) is 5.32 Å². The second-order valence-electron chi connectivity index (χ2n) is 12.6. The summed E-state index contributed by atoms with van der Waals surface area (Å²) in [4.78, 5) is 12.2. The largest absolute Gasteiger partial charge is 0.387 e. The van der Waals surface area contributed by atoms with Crippen LogP contribution in [0.3, 0.4) is 0 Å². The third kappa shape index (κ3) is 4.69. The van der Waals surface area contributed by atoms with E-state index in [-0.39, 0.29) is 29.7 Å². The Labute approximate surface area is 210 Å². The molecular formula is C26H45NO7S. The molecule has 4 aliphatic rings. The van der Waals surface area contributed by atoms with Gasteiger partial charge in [0.1, 0.15) is 6.10 Å². The molecule has 1 unspecified atom stereocenters. The monoisotopic (exact) mass is 515 g/mol. The molecule has 35 heavy (non-hydrogen) atoms. The second kappa shape index (κ2) is 9.53. The molecule has 4 fully saturated rings. The average molecular weight is 516 g/mol. The van der Waals surface area contributed by atoms with Gasteiger partial charge in [0.15, 0.2) is 5.79 Å². The van der Waals surface area contributed by atoms with Gasteiger partial charge in [-0.05, 0) is 98.7 Å².